The number of rotatable bonds is 4. The van der Waals surface area contributed by atoms with Crippen LogP contribution in [0.3, 0.4) is 0 Å². The zero-order valence-electron chi connectivity index (χ0n) is 14.4. The van der Waals surface area contributed by atoms with Crippen molar-refractivity contribution in [1.29, 1.82) is 0 Å². The number of aromatic amines is 1. The monoisotopic (exact) mass is 347 g/mol. The van der Waals surface area contributed by atoms with E-state index in [1.54, 1.807) is 6.20 Å². The molecule has 1 aliphatic carbocycles. The molecule has 8 nitrogen and oxygen atoms in total. The van der Waals surface area contributed by atoms with Crippen molar-refractivity contribution in [2.24, 2.45) is 5.92 Å². The molecule has 25 heavy (non-hydrogen) atoms. The van der Waals surface area contributed by atoms with Gasteiger partial charge < -0.3 is 14.5 Å². The summed E-state index contributed by atoms with van der Waals surface area (Å²) in [4.78, 5) is 28.6. The molecule has 2 amide bonds. The molecule has 1 aromatic rings. The Kier molecular flexibility index (Phi) is 4.45. The molecule has 1 spiro atoms. The van der Waals surface area contributed by atoms with E-state index in [2.05, 4.69) is 15.4 Å². The van der Waals surface area contributed by atoms with Crippen LogP contribution in [0.4, 0.5) is 0 Å². The van der Waals surface area contributed by atoms with Crippen molar-refractivity contribution in [2.45, 2.75) is 44.1 Å². The van der Waals surface area contributed by atoms with Crippen molar-refractivity contribution in [3.8, 4) is 0 Å². The summed E-state index contributed by atoms with van der Waals surface area (Å²) in [6.07, 6.45) is 6.39. The molecule has 0 radical (unpaired) electrons. The SMILES string of the molecule is O=C(CCc1cn[nH]n1)N1CCC2(CC1)CN(C(=O)C1CC1)CCO2. The molecule has 1 aromatic heterocycles. The number of morpholine rings is 1. The first kappa shape index (κ1) is 16.5. The van der Waals surface area contributed by atoms with Crippen LogP contribution in [0.2, 0.25) is 0 Å². The number of carbonyl (C=O) groups is 2. The molecule has 3 fully saturated rings. The van der Waals surface area contributed by atoms with E-state index in [4.69, 9.17) is 4.74 Å². The third kappa shape index (κ3) is 3.68. The van der Waals surface area contributed by atoms with Gasteiger partial charge in [0.15, 0.2) is 0 Å². The van der Waals surface area contributed by atoms with Gasteiger partial charge in [0, 0.05) is 44.9 Å². The molecule has 0 aromatic carbocycles. The summed E-state index contributed by atoms with van der Waals surface area (Å²) in [6.45, 7) is 3.39. The number of aryl methyl sites for hydroxylation is 1. The zero-order chi connectivity index (χ0) is 17.3. The van der Waals surface area contributed by atoms with Gasteiger partial charge in [-0.05, 0) is 25.7 Å². The maximum atomic E-state index is 12.4. The van der Waals surface area contributed by atoms with Crippen LogP contribution in [0, 0.1) is 5.92 Å². The fourth-order valence-electron chi connectivity index (χ4n) is 3.83. The Labute approximate surface area is 146 Å². The second-order valence-corrected chi connectivity index (χ2v) is 7.41. The minimum absolute atomic E-state index is 0.152. The van der Waals surface area contributed by atoms with Crippen LogP contribution >= 0.6 is 0 Å². The predicted octanol–water partition coefficient (Wildman–Crippen LogP) is 0.367. The number of amides is 2. The molecule has 4 rings (SSSR count). The summed E-state index contributed by atoms with van der Waals surface area (Å²) in [5.74, 6) is 0.710. The minimum atomic E-state index is -0.258. The van der Waals surface area contributed by atoms with Crippen molar-refractivity contribution < 1.29 is 14.3 Å². The summed E-state index contributed by atoms with van der Waals surface area (Å²) in [5.41, 5.74) is 0.553. The fourth-order valence-corrected chi connectivity index (χ4v) is 3.83. The summed E-state index contributed by atoms with van der Waals surface area (Å²) < 4.78 is 6.08. The molecule has 1 saturated carbocycles. The molecule has 8 heteroatoms. The number of ether oxygens (including phenoxy) is 1. The van der Waals surface area contributed by atoms with E-state index >= 15 is 0 Å². The van der Waals surface area contributed by atoms with Crippen LogP contribution in [0.25, 0.3) is 0 Å². The molecule has 2 aliphatic heterocycles. The van der Waals surface area contributed by atoms with Crippen molar-refractivity contribution in [3.63, 3.8) is 0 Å². The number of carbonyl (C=O) groups excluding carboxylic acids is 2. The molecule has 3 heterocycles. The van der Waals surface area contributed by atoms with Gasteiger partial charge in [0.1, 0.15) is 0 Å². The molecule has 1 N–H and O–H groups in total. The highest BCUT2D eigenvalue weighted by atomic mass is 16.5. The van der Waals surface area contributed by atoms with E-state index in [0.717, 1.165) is 31.4 Å². The number of aromatic nitrogens is 3. The largest absolute Gasteiger partial charge is 0.371 e. The van der Waals surface area contributed by atoms with Gasteiger partial charge in [-0.1, -0.05) is 0 Å². The Morgan fingerprint density at radius 2 is 2.04 bits per heavy atom. The maximum absolute atomic E-state index is 12.4. The number of nitrogens with one attached hydrogen (secondary N) is 1. The highest BCUT2D eigenvalue weighted by Crippen LogP contribution is 2.35. The highest BCUT2D eigenvalue weighted by Gasteiger charge is 2.44. The molecule has 2 saturated heterocycles. The zero-order valence-corrected chi connectivity index (χ0v) is 14.4. The maximum Gasteiger partial charge on any atom is 0.225 e. The van der Waals surface area contributed by atoms with Crippen molar-refractivity contribution in [1.82, 2.24) is 25.2 Å². The quantitative estimate of drug-likeness (QED) is 0.849. The number of hydrogen-bond acceptors (Lipinski definition) is 5. The number of likely N-dealkylation sites (tertiary alicyclic amines) is 1. The third-order valence-corrected chi connectivity index (χ3v) is 5.57. The molecule has 136 valence electrons. The van der Waals surface area contributed by atoms with Gasteiger partial charge in [-0.15, -0.1) is 0 Å². The molecular weight excluding hydrogens is 322 g/mol. The minimum Gasteiger partial charge on any atom is -0.371 e. The highest BCUT2D eigenvalue weighted by molar-refractivity contribution is 5.81. The normalized spacial score (nSPS) is 23.0. The van der Waals surface area contributed by atoms with Crippen LogP contribution in [-0.4, -0.2) is 75.4 Å². The first-order valence-corrected chi connectivity index (χ1v) is 9.20. The molecule has 0 unspecified atom stereocenters. The van der Waals surface area contributed by atoms with E-state index in [1.165, 1.54) is 0 Å². The standard InChI is InChI=1S/C17H25N5O3/c23-15(4-3-14-11-18-20-19-14)21-7-5-17(6-8-21)12-22(9-10-25-17)16(24)13-1-2-13/h11,13H,1-10,12H2,(H,18,19,20). The summed E-state index contributed by atoms with van der Waals surface area (Å²) >= 11 is 0. The number of H-pyrrole nitrogens is 1. The fraction of sp³-hybridized carbons (Fsp3) is 0.765. The number of hydrogen-bond donors (Lipinski definition) is 1. The first-order chi connectivity index (χ1) is 12.2. The van der Waals surface area contributed by atoms with Crippen LogP contribution < -0.4 is 0 Å². The van der Waals surface area contributed by atoms with Crippen LogP contribution in [0.1, 0.15) is 37.8 Å². The lowest BCUT2D eigenvalue weighted by Crippen LogP contribution is -2.58. The van der Waals surface area contributed by atoms with E-state index in [-0.39, 0.29) is 17.4 Å². The topological polar surface area (TPSA) is 91.4 Å². The third-order valence-electron chi connectivity index (χ3n) is 5.57. The average Bonchev–Trinajstić information content (AvgIpc) is 3.35. The molecule has 0 atom stereocenters. The summed E-state index contributed by atoms with van der Waals surface area (Å²) in [6, 6.07) is 0. The van der Waals surface area contributed by atoms with E-state index < -0.39 is 0 Å². The Morgan fingerprint density at radius 3 is 2.72 bits per heavy atom. The van der Waals surface area contributed by atoms with Crippen molar-refractivity contribution in [3.05, 3.63) is 11.9 Å². The first-order valence-electron chi connectivity index (χ1n) is 9.20. The van der Waals surface area contributed by atoms with Gasteiger partial charge in [-0.25, -0.2) is 0 Å². The average molecular weight is 347 g/mol. The Balaban J connectivity index is 1.28. The lowest BCUT2D eigenvalue weighted by Gasteiger charge is -2.47. The van der Waals surface area contributed by atoms with Crippen LogP contribution in [0.15, 0.2) is 6.20 Å². The second kappa shape index (κ2) is 6.74. The summed E-state index contributed by atoms with van der Waals surface area (Å²) in [5, 5.41) is 10.3. The molecule has 0 bridgehead atoms. The van der Waals surface area contributed by atoms with Crippen molar-refractivity contribution in [2.75, 3.05) is 32.8 Å². The van der Waals surface area contributed by atoms with E-state index in [9.17, 15) is 9.59 Å². The van der Waals surface area contributed by atoms with Crippen LogP contribution in [-0.2, 0) is 20.7 Å². The van der Waals surface area contributed by atoms with Crippen LogP contribution in [0.5, 0.6) is 0 Å². The van der Waals surface area contributed by atoms with Gasteiger partial charge in [0.25, 0.3) is 0 Å². The lowest BCUT2D eigenvalue weighted by molar-refractivity contribution is -0.164. The predicted molar refractivity (Wildman–Crippen MR) is 88.5 cm³/mol. The van der Waals surface area contributed by atoms with Gasteiger partial charge >= 0.3 is 0 Å². The van der Waals surface area contributed by atoms with Gasteiger partial charge in [0.05, 0.1) is 24.1 Å². The number of piperidine rings is 1. The van der Waals surface area contributed by atoms with Gasteiger partial charge in [-0.3, -0.25) is 9.59 Å². The molecule has 3 aliphatic rings. The smallest absolute Gasteiger partial charge is 0.225 e. The number of nitrogens with zero attached hydrogens (tertiary/aromatic N) is 4. The molecular formula is C17H25N5O3. The van der Waals surface area contributed by atoms with E-state index in [1.807, 2.05) is 9.80 Å². The van der Waals surface area contributed by atoms with Gasteiger partial charge in [0.2, 0.25) is 11.8 Å². The Bertz CT molecular complexity index is 620. The van der Waals surface area contributed by atoms with E-state index in [0.29, 0.717) is 51.5 Å². The Morgan fingerprint density at radius 1 is 1.24 bits per heavy atom. The Hall–Kier alpha value is -1.96. The lowest BCUT2D eigenvalue weighted by atomic mass is 9.89. The summed E-state index contributed by atoms with van der Waals surface area (Å²) in [7, 11) is 0. The second-order valence-electron chi connectivity index (χ2n) is 7.41. The van der Waals surface area contributed by atoms with Gasteiger partial charge in [-0.2, -0.15) is 15.4 Å². The van der Waals surface area contributed by atoms with Crippen molar-refractivity contribution >= 4 is 11.8 Å².